The first kappa shape index (κ1) is 17.1. The van der Waals surface area contributed by atoms with Crippen LogP contribution in [0.1, 0.15) is 18.9 Å². The zero-order valence-corrected chi connectivity index (χ0v) is 15.2. The summed E-state index contributed by atoms with van der Waals surface area (Å²) in [5, 5.41) is 0. The van der Waals surface area contributed by atoms with Crippen molar-refractivity contribution in [3.63, 3.8) is 0 Å². The van der Waals surface area contributed by atoms with Crippen LogP contribution in [-0.4, -0.2) is 15.8 Å². The number of carbonyl (C=O) groups excluding carboxylic acids is 1. The molecule has 0 spiro atoms. The first-order valence-electron chi connectivity index (χ1n) is 9.18. The zero-order valence-electron chi connectivity index (χ0n) is 15.2. The SMILES string of the molecule is CCC(=O)Cc1ccc2nc(-c3ccccc3)c(-c3ccccc3)nc2c1. The Morgan fingerprint density at radius 1 is 0.741 bits per heavy atom. The molecule has 3 heteroatoms. The van der Waals surface area contributed by atoms with E-state index in [-0.39, 0.29) is 5.78 Å². The zero-order chi connectivity index (χ0) is 18.6. The van der Waals surface area contributed by atoms with E-state index in [2.05, 4.69) is 12.1 Å². The average molecular weight is 352 g/mol. The lowest BCUT2D eigenvalue weighted by molar-refractivity contribution is -0.118. The molecule has 0 amide bonds. The third-order valence-electron chi connectivity index (χ3n) is 4.62. The largest absolute Gasteiger partial charge is 0.299 e. The molecular weight excluding hydrogens is 332 g/mol. The van der Waals surface area contributed by atoms with Gasteiger partial charge in [-0.2, -0.15) is 0 Å². The monoisotopic (exact) mass is 352 g/mol. The van der Waals surface area contributed by atoms with Crippen molar-refractivity contribution in [1.82, 2.24) is 9.97 Å². The van der Waals surface area contributed by atoms with Crippen LogP contribution in [0.3, 0.4) is 0 Å². The van der Waals surface area contributed by atoms with Gasteiger partial charge >= 0.3 is 0 Å². The number of ketones is 1. The minimum Gasteiger partial charge on any atom is -0.299 e. The van der Waals surface area contributed by atoms with Crippen molar-refractivity contribution in [3.05, 3.63) is 84.4 Å². The molecule has 0 bridgehead atoms. The molecule has 1 heterocycles. The van der Waals surface area contributed by atoms with Gasteiger partial charge in [0.1, 0.15) is 5.78 Å². The molecule has 0 aliphatic heterocycles. The van der Waals surface area contributed by atoms with Gasteiger partial charge in [-0.3, -0.25) is 4.79 Å². The predicted octanol–water partition coefficient (Wildman–Crippen LogP) is 5.49. The predicted molar refractivity (Wildman–Crippen MR) is 109 cm³/mol. The lowest BCUT2D eigenvalue weighted by Crippen LogP contribution is -2.01. The summed E-state index contributed by atoms with van der Waals surface area (Å²) >= 11 is 0. The molecule has 0 unspecified atom stereocenters. The van der Waals surface area contributed by atoms with Crippen LogP contribution < -0.4 is 0 Å². The molecule has 0 aliphatic rings. The van der Waals surface area contributed by atoms with Gasteiger partial charge in [0, 0.05) is 24.0 Å². The van der Waals surface area contributed by atoms with Gasteiger partial charge in [-0.05, 0) is 17.7 Å². The molecule has 4 rings (SSSR count). The Morgan fingerprint density at radius 3 is 1.85 bits per heavy atom. The quantitative estimate of drug-likeness (QED) is 0.477. The number of Topliss-reactive ketones (excluding diaryl/α,β-unsaturated/α-hetero) is 1. The number of benzene rings is 3. The number of hydrogen-bond donors (Lipinski definition) is 0. The molecule has 0 N–H and O–H groups in total. The van der Waals surface area contributed by atoms with E-state index >= 15 is 0 Å². The highest BCUT2D eigenvalue weighted by Crippen LogP contribution is 2.31. The fraction of sp³-hybridized carbons (Fsp3) is 0.125. The second-order valence-corrected chi connectivity index (χ2v) is 6.54. The number of fused-ring (bicyclic) bond motifs is 1. The number of aromatic nitrogens is 2. The maximum absolute atomic E-state index is 11.8. The molecule has 0 fully saturated rings. The molecule has 0 saturated heterocycles. The Bertz CT molecular complexity index is 1090. The molecule has 1 aromatic heterocycles. The summed E-state index contributed by atoms with van der Waals surface area (Å²) in [4.78, 5) is 21.7. The fourth-order valence-electron chi connectivity index (χ4n) is 3.16. The molecule has 0 aliphatic carbocycles. The van der Waals surface area contributed by atoms with Gasteiger partial charge in [0.15, 0.2) is 0 Å². The molecule has 3 nitrogen and oxygen atoms in total. The lowest BCUT2D eigenvalue weighted by Gasteiger charge is -2.11. The average Bonchev–Trinajstić information content (AvgIpc) is 2.74. The maximum atomic E-state index is 11.8. The topological polar surface area (TPSA) is 42.9 Å². The van der Waals surface area contributed by atoms with Crippen LogP contribution in [0.15, 0.2) is 78.9 Å². The molecular formula is C24H20N2O. The molecule has 3 aromatic carbocycles. The Morgan fingerprint density at radius 2 is 1.30 bits per heavy atom. The highest BCUT2D eigenvalue weighted by atomic mass is 16.1. The van der Waals surface area contributed by atoms with E-state index in [9.17, 15) is 4.79 Å². The molecule has 0 atom stereocenters. The Balaban J connectivity index is 1.91. The van der Waals surface area contributed by atoms with E-state index in [1.54, 1.807) is 0 Å². The normalized spacial score (nSPS) is 10.9. The summed E-state index contributed by atoms with van der Waals surface area (Å²) in [5.41, 5.74) is 6.42. The van der Waals surface area contributed by atoms with Crippen molar-refractivity contribution in [2.75, 3.05) is 0 Å². The third kappa shape index (κ3) is 3.63. The van der Waals surface area contributed by atoms with Gasteiger partial charge in [0.2, 0.25) is 0 Å². The van der Waals surface area contributed by atoms with Crippen LogP contribution in [0, 0.1) is 0 Å². The smallest absolute Gasteiger partial charge is 0.136 e. The van der Waals surface area contributed by atoms with Crippen molar-refractivity contribution < 1.29 is 4.79 Å². The Kier molecular flexibility index (Phi) is 4.75. The summed E-state index contributed by atoms with van der Waals surface area (Å²) in [5.74, 6) is 0.228. The summed E-state index contributed by atoms with van der Waals surface area (Å²) in [6, 6.07) is 26.1. The highest BCUT2D eigenvalue weighted by Gasteiger charge is 2.13. The van der Waals surface area contributed by atoms with E-state index in [1.807, 2.05) is 73.7 Å². The second-order valence-electron chi connectivity index (χ2n) is 6.54. The number of hydrogen-bond acceptors (Lipinski definition) is 3. The number of nitrogens with zero attached hydrogens (tertiary/aromatic N) is 2. The van der Waals surface area contributed by atoms with Gasteiger partial charge in [0.25, 0.3) is 0 Å². The third-order valence-corrected chi connectivity index (χ3v) is 4.62. The van der Waals surface area contributed by atoms with E-state index in [0.717, 1.165) is 39.1 Å². The van der Waals surface area contributed by atoms with Crippen LogP contribution in [0.4, 0.5) is 0 Å². The van der Waals surface area contributed by atoms with E-state index < -0.39 is 0 Å². The van der Waals surface area contributed by atoms with Gasteiger partial charge in [-0.25, -0.2) is 9.97 Å². The second kappa shape index (κ2) is 7.50. The lowest BCUT2D eigenvalue weighted by atomic mass is 10.0. The fourth-order valence-corrected chi connectivity index (χ4v) is 3.16. The molecule has 27 heavy (non-hydrogen) atoms. The highest BCUT2D eigenvalue weighted by molar-refractivity contribution is 5.87. The van der Waals surface area contributed by atoms with Gasteiger partial charge in [0.05, 0.1) is 22.4 Å². The standard InChI is InChI=1S/C24H20N2O/c1-2-20(27)15-17-13-14-21-22(16-17)26-24(19-11-7-4-8-12-19)23(25-21)18-9-5-3-6-10-18/h3-14,16H,2,15H2,1H3. The van der Waals surface area contributed by atoms with Crippen molar-refractivity contribution >= 4 is 16.8 Å². The van der Waals surface area contributed by atoms with E-state index in [4.69, 9.17) is 9.97 Å². The van der Waals surface area contributed by atoms with Crippen LogP contribution >= 0.6 is 0 Å². The molecule has 0 radical (unpaired) electrons. The maximum Gasteiger partial charge on any atom is 0.136 e. The van der Waals surface area contributed by atoms with E-state index in [0.29, 0.717) is 12.8 Å². The van der Waals surface area contributed by atoms with Crippen molar-refractivity contribution in [1.29, 1.82) is 0 Å². The van der Waals surface area contributed by atoms with Crippen molar-refractivity contribution in [2.45, 2.75) is 19.8 Å². The van der Waals surface area contributed by atoms with Gasteiger partial charge < -0.3 is 0 Å². The summed E-state index contributed by atoms with van der Waals surface area (Å²) in [7, 11) is 0. The van der Waals surface area contributed by atoms with Gasteiger partial charge in [-0.15, -0.1) is 0 Å². The first-order chi connectivity index (χ1) is 13.2. The molecule has 0 saturated carbocycles. The van der Waals surface area contributed by atoms with E-state index in [1.165, 1.54) is 0 Å². The summed E-state index contributed by atoms with van der Waals surface area (Å²) < 4.78 is 0. The van der Waals surface area contributed by atoms with Crippen molar-refractivity contribution in [3.8, 4) is 22.5 Å². The van der Waals surface area contributed by atoms with Crippen LogP contribution in [0.5, 0.6) is 0 Å². The number of rotatable bonds is 5. The minimum atomic E-state index is 0.228. The van der Waals surface area contributed by atoms with Crippen LogP contribution in [-0.2, 0) is 11.2 Å². The minimum absolute atomic E-state index is 0.228. The molecule has 4 aromatic rings. The number of carbonyl (C=O) groups is 1. The Labute approximate surface area is 158 Å². The van der Waals surface area contributed by atoms with Crippen LogP contribution in [0.2, 0.25) is 0 Å². The Hall–Kier alpha value is -3.33. The summed E-state index contributed by atoms with van der Waals surface area (Å²) in [6.45, 7) is 1.89. The van der Waals surface area contributed by atoms with Gasteiger partial charge in [-0.1, -0.05) is 73.7 Å². The summed E-state index contributed by atoms with van der Waals surface area (Å²) in [6.07, 6.45) is 0.987. The first-order valence-corrected chi connectivity index (χ1v) is 9.18. The van der Waals surface area contributed by atoms with Crippen LogP contribution in [0.25, 0.3) is 33.5 Å². The van der Waals surface area contributed by atoms with Crippen molar-refractivity contribution in [2.24, 2.45) is 0 Å². The molecule has 132 valence electrons.